The number of primary amides is 1. The van der Waals surface area contributed by atoms with Gasteiger partial charge in [0.2, 0.25) is 5.91 Å². The second kappa shape index (κ2) is 6.58. The Morgan fingerprint density at radius 1 is 1.33 bits per heavy atom. The number of carbonyl (C=O) groups is 1. The van der Waals surface area contributed by atoms with Crippen molar-refractivity contribution in [1.29, 1.82) is 0 Å². The third-order valence-electron chi connectivity index (χ3n) is 2.97. The molecule has 0 aromatic heterocycles. The smallest absolute Gasteiger partial charge is 0.248 e. The number of halogens is 2. The molecule has 0 saturated heterocycles. The number of methoxy groups -OCH3 is 1. The van der Waals surface area contributed by atoms with Crippen molar-refractivity contribution < 1.29 is 13.9 Å². The van der Waals surface area contributed by atoms with Gasteiger partial charge in [-0.2, -0.15) is 0 Å². The number of benzene rings is 2. The van der Waals surface area contributed by atoms with E-state index in [4.69, 9.17) is 10.5 Å². The molecule has 0 aliphatic rings. The number of amides is 1. The Balaban J connectivity index is 2.09. The molecule has 1 amide bonds. The number of anilines is 1. The summed E-state index contributed by atoms with van der Waals surface area (Å²) in [6.07, 6.45) is 0. The lowest BCUT2D eigenvalue weighted by Crippen LogP contribution is -2.12. The Labute approximate surface area is 130 Å². The average molecular weight is 353 g/mol. The van der Waals surface area contributed by atoms with Crippen molar-refractivity contribution in [3.8, 4) is 5.75 Å². The van der Waals surface area contributed by atoms with Gasteiger partial charge in [-0.05, 0) is 46.3 Å². The topological polar surface area (TPSA) is 64.3 Å². The first-order valence-corrected chi connectivity index (χ1v) is 6.96. The highest BCUT2D eigenvalue weighted by molar-refractivity contribution is 9.10. The number of nitrogens with one attached hydrogen (secondary N) is 1. The van der Waals surface area contributed by atoms with E-state index < -0.39 is 11.7 Å². The molecular formula is C15H14BrFN2O2. The highest BCUT2D eigenvalue weighted by Gasteiger charge is 2.07. The first kappa shape index (κ1) is 15.3. The molecule has 0 fully saturated rings. The number of hydrogen-bond donors (Lipinski definition) is 2. The molecule has 2 aromatic rings. The van der Waals surface area contributed by atoms with Crippen LogP contribution in [0.1, 0.15) is 15.9 Å². The van der Waals surface area contributed by atoms with Gasteiger partial charge in [0, 0.05) is 23.4 Å². The summed E-state index contributed by atoms with van der Waals surface area (Å²) in [6.45, 7) is 0.295. The van der Waals surface area contributed by atoms with Crippen LogP contribution < -0.4 is 15.8 Å². The summed E-state index contributed by atoms with van der Waals surface area (Å²) >= 11 is 3.38. The normalized spacial score (nSPS) is 10.2. The van der Waals surface area contributed by atoms with E-state index in [9.17, 15) is 9.18 Å². The molecule has 0 atom stereocenters. The van der Waals surface area contributed by atoms with Gasteiger partial charge >= 0.3 is 0 Å². The average Bonchev–Trinajstić information content (AvgIpc) is 2.46. The fourth-order valence-electron chi connectivity index (χ4n) is 1.82. The van der Waals surface area contributed by atoms with Crippen LogP contribution in [-0.4, -0.2) is 13.0 Å². The Hall–Kier alpha value is -2.08. The Kier molecular flexibility index (Phi) is 4.80. The highest BCUT2D eigenvalue weighted by Crippen LogP contribution is 2.28. The summed E-state index contributed by atoms with van der Waals surface area (Å²) in [5.41, 5.74) is 6.53. The van der Waals surface area contributed by atoms with E-state index in [0.29, 0.717) is 12.1 Å². The Bertz CT molecular complexity index is 677. The van der Waals surface area contributed by atoms with Crippen LogP contribution in [0.3, 0.4) is 0 Å². The number of nitrogens with two attached hydrogens (primary N) is 1. The lowest BCUT2D eigenvalue weighted by atomic mass is 10.1. The van der Waals surface area contributed by atoms with Gasteiger partial charge in [0.05, 0.1) is 11.6 Å². The van der Waals surface area contributed by atoms with Crippen LogP contribution in [0.25, 0.3) is 0 Å². The maximum atomic E-state index is 13.8. The fourth-order valence-corrected chi connectivity index (χ4v) is 2.36. The third kappa shape index (κ3) is 3.72. The third-order valence-corrected chi connectivity index (χ3v) is 3.59. The van der Waals surface area contributed by atoms with Crippen LogP contribution in [0, 0.1) is 5.82 Å². The monoisotopic (exact) mass is 352 g/mol. The standard InChI is InChI=1S/C15H14BrFN2O2/c1-21-14-5-4-11(7-12(14)16)19-8-10-3-2-9(15(18)20)6-13(10)17/h2-7,19H,8H2,1H3,(H2,18,20). The lowest BCUT2D eigenvalue weighted by molar-refractivity contribution is 0.1000. The highest BCUT2D eigenvalue weighted by atomic mass is 79.9. The van der Waals surface area contributed by atoms with Crippen molar-refractivity contribution in [3.05, 3.63) is 57.8 Å². The van der Waals surface area contributed by atoms with E-state index in [-0.39, 0.29) is 5.56 Å². The Morgan fingerprint density at radius 3 is 2.67 bits per heavy atom. The molecule has 0 saturated carbocycles. The van der Waals surface area contributed by atoms with Crippen molar-refractivity contribution in [2.24, 2.45) is 5.73 Å². The van der Waals surface area contributed by atoms with E-state index in [2.05, 4.69) is 21.2 Å². The number of rotatable bonds is 5. The van der Waals surface area contributed by atoms with Crippen molar-refractivity contribution in [2.45, 2.75) is 6.54 Å². The fraction of sp³-hybridized carbons (Fsp3) is 0.133. The molecule has 110 valence electrons. The molecule has 2 rings (SSSR count). The molecule has 6 heteroatoms. The lowest BCUT2D eigenvalue weighted by Gasteiger charge is -2.10. The molecule has 21 heavy (non-hydrogen) atoms. The molecule has 3 N–H and O–H groups in total. The molecule has 0 unspecified atom stereocenters. The molecule has 0 heterocycles. The van der Waals surface area contributed by atoms with Gasteiger partial charge in [0.15, 0.2) is 0 Å². The predicted molar refractivity (Wildman–Crippen MR) is 82.9 cm³/mol. The van der Waals surface area contributed by atoms with Gasteiger partial charge in [-0.1, -0.05) is 6.07 Å². The molecular weight excluding hydrogens is 339 g/mol. The van der Waals surface area contributed by atoms with Crippen LogP contribution in [-0.2, 0) is 6.54 Å². The van der Waals surface area contributed by atoms with Crippen molar-refractivity contribution in [2.75, 3.05) is 12.4 Å². The zero-order valence-electron chi connectivity index (χ0n) is 11.3. The van der Waals surface area contributed by atoms with Gasteiger partial charge in [-0.3, -0.25) is 4.79 Å². The first-order valence-electron chi connectivity index (χ1n) is 6.17. The molecule has 0 bridgehead atoms. The summed E-state index contributed by atoms with van der Waals surface area (Å²) in [5.74, 6) is -0.392. The summed E-state index contributed by atoms with van der Waals surface area (Å²) in [6, 6.07) is 9.67. The van der Waals surface area contributed by atoms with Gasteiger partial charge in [-0.25, -0.2) is 4.39 Å². The van der Waals surface area contributed by atoms with Gasteiger partial charge in [0.1, 0.15) is 11.6 Å². The summed E-state index contributed by atoms with van der Waals surface area (Å²) < 4.78 is 19.8. The van der Waals surface area contributed by atoms with Gasteiger partial charge < -0.3 is 15.8 Å². The van der Waals surface area contributed by atoms with Crippen LogP contribution in [0.4, 0.5) is 10.1 Å². The zero-order valence-corrected chi connectivity index (χ0v) is 12.9. The molecule has 0 aliphatic carbocycles. The van der Waals surface area contributed by atoms with E-state index in [1.807, 2.05) is 12.1 Å². The van der Waals surface area contributed by atoms with Crippen LogP contribution in [0.2, 0.25) is 0 Å². The molecule has 0 aliphatic heterocycles. The first-order chi connectivity index (χ1) is 10.0. The second-order valence-electron chi connectivity index (χ2n) is 4.37. The maximum absolute atomic E-state index is 13.8. The van der Waals surface area contributed by atoms with E-state index >= 15 is 0 Å². The largest absolute Gasteiger partial charge is 0.496 e. The number of hydrogen-bond acceptors (Lipinski definition) is 3. The predicted octanol–water partition coefficient (Wildman–Crippen LogP) is 3.31. The van der Waals surface area contributed by atoms with E-state index in [1.54, 1.807) is 19.2 Å². The van der Waals surface area contributed by atoms with Gasteiger partial charge in [0.25, 0.3) is 0 Å². The molecule has 0 spiro atoms. The van der Waals surface area contributed by atoms with Crippen molar-refractivity contribution >= 4 is 27.5 Å². The molecule has 2 aromatic carbocycles. The van der Waals surface area contributed by atoms with Crippen molar-refractivity contribution in [3.63, 3.8) is 0 Å². The second-order valence-corrected chi connectivity index (χ2v) is 5.23. The Morgan fingerprint density at radius 2 is 2.10 bits per heavy atom. The summed E-state index contributed by atoms with van der Waals surface area (Å²) in [4.78, 5) is 11.0. The zero-order chi connectivity index (χ0) is 15.4. The van der Waals surface area contributed by atoms with Crippen molar-refractivity contribution in [1.82, 2.24) is 0 Å². The van der Waals surface area contributed by atoms with Crippen LogP contribution >= 0.6 is 15.9 Å². The van der Waals surface area contributed by atoms with E-state index in [1.165, 1.54) is 6.07 Å². The quantitative estimate of drug-likeness (QED) is 0.867. The minimum absolute atomic E-state index is 0.156. The maximum Gasteiger partial charge on any atom is 0.248 e. The summed E-state index contributed by atoms with van der Waals surface area (Å²) in [7, 11) is 1.59. The minimum Gasteiger partial charge on any atom is -0.496 e. The number of ether oxygens (including phenoxy) is 1. The van der Waals surface area contributed by atoms with E-state index in [0.717, 1.165) is 22.0 Å². The van der Waals surface area contributed by atoms with Crippen LogP contribution in [0.15, 0.2) is 40.9 Å². The summed E-state index contributed by atoms with van der Waals surface area (Å²) in [5, 5.41) is 3.10. The van der Waals surface area contributed by atoms with Crippen LogP contribution in [0.5, 0.6) is 5.75 Å². The number of carbonyl (C=O) groups excluding carboxylic acids is 1. The molecule has 4 nitrogen and oxygen atoms in total. The van der Waals surface area contributed by atoms with Gasteiger partial charge in [-0.15, -0.1) is 0 Å². The SMILES string of the molecule is COc1ccc(NCc2ccc(C(N)=O)cc2F)cc1Br. The minimum atomic E-state index is -0.646. The molecule has 0 radical (unpaired) electrons.